The smallest absolute Gasteiger partial charge is 0.0689 e. The molecule has 2 saturated carbocycles. The number of hydrogen-bond acceptors (Lipinski definition) is 1. The van der Waals surface area contributed by atoms with Crippen molar-refractivity contribution < 1.29 is 0 Å². The fraction of sp³-hybridized carbons (Fsp3) is 0.629. The quantitative estimate of drug-likeness (QED) is 0.291. The second kappa shape index (κ2) is 13.5. The molecule has 2 aromatic carbocycles. The van der Waals surface area contributed by atoms with Crippen molar-refractivity contribution in [3.8, 4) is 17.2 Å². The molecule has 2 aliphatic carbocycles. The number of nitrogens with zero attached hydrogens (tertiary/aromatic N) is 1. The van der Waals surface area contributed by atoms with Gasteiger partial charge in [-0.25, -0.2) is 0 Å². The van der Waals surface area contributed by atoms with Crippen molar-refractivity contribution in [2.75, 3.05) is 0 Å². The van der Waals surface area contributed by atoms with Gasteiger partial charge in [-0.3, -0.25) is 0 Å². The summed E-state index contributed by atoms with van der Waals surface area (Å²) in [6.45, 7) is 4.59. The SMILES string of the molecule is CCCCCCC[C@]1(C#N)CC[C@H](c2ccc(-c3ccc([C@H]4CC[C@H](CCC)CC4)cc3)cc2)CC1. The molecule has 0 bridgehead atoms. The van der Waals surface area contributed by atoms with Gasteiger partial charge in [0.2, 0.25) is 0 Å². The van der Waals surface area contributed by atoms with Crippen LogP contribution in [0.15, 0.2) is 48.5 Å². The lowest BCUT2D eigenvalue weighted by molar-refractivity contribution is 0.223. The average molecular weight is 484 g/mol. The topological polar surface area (TPSA) is 23.8 Å². The van der Waals surface area contributed by atoms with E-state index in [1.165, 1.54) is 87.3 Å². The normalized spacial score (nSPS) is 26.4. The molecule has 0 radical (unpaired) electrons. The van der Waals surface area contributed by atoms with E-state index in [2.05, 4.69) is 68.4 Å². The van der Waals surface area contributed by atoms with Crippen molar-refractivity contribution in [3.63, 3.8) is 0 Å². The van der Waals surface area contributed by atoms with Gasteiger partial charge < -0.3 is 0 Å². The summed E-state index contributed by atoms with van der Waals surface area (Å²) in [7, 11) is 0. The number of unbranched alkanes of at least 4 members (excludes halogenated alkanes) is 4. The summed E-state index contributed by atoms with van der Waals surface area (Å²) in [6.07, 6.45) is 20.4. The van der Waals surface area contributed by atoms with E-state index in [9.17, 15) is 5.26 Å². The summed E-state index contributed by atoms with van der Waals surface area (Å²) in [6, 6.07) is 21.5. The van der Waals surface area contributed by atoms with Crippen molar-refractivity contribution in [2.24, 2.45) is 11.3 Å². The first-order chi connectivity index (χ1) is 17.7. The maximum Gasteiger partial charge on any atom is 0.0689 e. The van der Waals surface area contributed by atoms with Crippen molar-refractivity contribution in [1.82, 2.24) is 0 Å². The number of nitriles is 1. The molecular formula is C35H49N. The monoisotopic (exact) mass is 483 g/mol. The van der Waals surface area contributed by atoms with Crippen LogP contribution in [0.1, 0.15) is 140 Å². The maximum atomic E-state index is 9.95. The third-order valence-corrected chi connectivity index (χ3v) is 9.58. The molecule has 1 nitrogen and oxygen atoms in total. The zero-order valence-corrected chi connectivity index (χ0v) is 23.1. The number of benzene rings is 2. The van der Waals surface area contributed by atoms with Gasteiger partial charge in [0.15, 0.2) is 0 Å². The molecule has 0 heterocycles. The molecule has 0 aromatic heterocycles. The lowest BCUT2D eigenvalue weighted by Crippen LogP contribution is -2.25. The summed E-state index contributed by atoms with van der Waals surface area (Å²) in [4.78, 5) is 0. The average Bonchev–Trinajstić information content (AvgIpc) is 2.94. The molecule has 0 spiro atoms. The summed E-state index contributed by atoms with van der Waals surface area (Å²) in [5, 5.41) is 9.95. The summed E-state index contributed by atoms with van der Waals surface area (Å²) in [5.74, 6) is 2.35. The van der Waals surface area contributed by atoms with Gasteiger partial charge >= 0.3 is 0 Å². The highest BCUT2D eigenvalue weighted by Crippen LogP contribution is 2.46. The van der Waals surface area contributed by atoms with Crippen molar-refractivity contribution in [3.05, 3.63) is 59.7 Å². The predicted molar refractivity (Wildman–Crippen MR) is 154 cm³/mol. The van der Waals surface area contributed by atoms with E-state index in [-0.39, 0.29) is 5.41 Å². The van der Waals surface area contributed by atoms with Gasteiger partial charge in [-0.2, -0.15) is 5.26 Å². The van der Waals surface area contributed by atoms with E-state index >= 15 is 0 Å². The van der Waals surface area contributed by atoms with Crippen LogP contribution in [0, 0.1) is 22.7 Å². The van der Waals surface area contributed by atoms with Gasteiger partial charge in [-0.1, -0.05) is 107 Å². The minimum Gasteiger partial charge on any atom is -0.198 e. The van der Waals surface area contributed by atoms with Crippen LogP contribution in [0.4, 0.5) is 0 Å². The van der Waals surface area contributed by atoms with Crippen LogP contribution < -0.4 is 0 Å². The molecule has 0 unspecified atom stereocenters. The maximum absolute atomic E-state index is 9.95. The second-order valence-corrected chi connectivity index (χ2v) is 12.1. The zero-order chi connectivity index (χ0) is 25.2. The van der Waals surface area contributed by atoms with Crippen molar-refractivity contribution in [1.29, 1.82) is 5.26 Å². The van der Waals surface area contributed by atoms with Crippen LogP contribution in [-0.4, -0.2) is 0 Å². The first kappa shape index (κ1) is 27.0. The van der Waals surface area contributed by atoms with E-state index in [1.54, 1.807) is 5.56 Å². The van der Waals surface area contributed by atoms with Gasteiger partial charge in [-0.05, 0) is 97.8 Å². The Morgan fingerprint density at radius 1 is 0.667 bits per heavy atom. The molecule has 2 fully saturated rings. The van der Waals surface area contributed by atoms with Gasteiger partial charge in [0.05, 0.1) is 11.5 Å². The Balaban J connectivity index is 1.28. The summed E-state index contributed by atoms with van der Waals surface area (Å²) >= 11 is 0. The minimum absolute atomic E-state index is 0.0559. The van der Waals surface area contributed by atoms with Crippen LogP contribution in [-0.2, 0) is 0 Å². The third-order valence-electron chi connectivity index (χ3n) is 9.58. The molecule has 0 saturated heterocycles. The van der Waals surface area contributed by atoms with E-state index < -0.39 is 0 Å². The Bertz CT molecular complexity index is 932. The highest BCUT2D eigenvalue weighted by molar-refractivity contribution is 5.64. The van der Waals surface area contributed by atoms with Gasteiger partial charge in [-0.15, -0.1) is 0 Å². The molecule has 36 heavy (non-hydrogen) atoms. The Kier molecular flexibility index (Phi) is 10.1. The highest BCUT2D eigenvalue weighted by atomic mass is 14.4. The lowest BCUT2D eigenvalue weighted by Gasteiger charge is -2.35. The second-order valence-electron chi connectivity index (χ2n) is 12.1. The first-order valence-electron chi connectivity index (χ1n) is 15.3. The Hall–Kier alpha value is -2.07. The Labute approximate surface area is 221 Å². The molecule has 0 amide bonds. The molecule has 4 rings (SSSR count). The molecule has 0 aliphatic heterocycles. The van der Waals surface area contributed by atoms with Crippen LogP contribution in [0.2, 0.25) is 0 Å². The van der Waals surface area contributed by atoms with Crippen LogP contribution in [0.3, 0.4) is 0 Å². The highest BCUT2D eigenvalue weighted by Gasteiger charge is 2.35. The van der Waals surface area contributed by atoms with Gasteiger partial charge in [0.25, 0.3) is 0 Å². The van der Waals surface area contributed by atoms with E-state index in [4.69, 9.17) is 0 Å². The first-order valence-corrected chi connectivity index (χ1v) is 15.3. The largest absolute Gasteiger partial charge is 0.198 e. The van der Waals surface area contributed by atoms with Crippen LogP contribution in [0.25, 0.3) is 11.1 Å². The molecule has 0 atom stereocenters. The molecule has 2 aliphatic rings. The lowest BCUT2D eigenvalue weighted by atomic mass is 9.67. The van der Waals surface area contributed by atoms with Crippen LogP contribution in [0.5, 0.6) is 0 Å². The number of rotatable bonds is 11. The Morgan fingerprint density at radius 2 is 1.19 bits per heavy atom. The van der Waals surface area contributed by atoms with Gasteiger partial charge in [0, 0.05) is 0 Å². The van der Waals surface area contributed by atoms with Crippen LogP contribution >= 0.6 is 0 Å². The number of hydrogen-bond donors (Lipinski definition) is 0. The van der Waals surface area contributed by atoms with Crippen molar-refractivity contribution in [2.45, 2.75) is 128 Å². The molecule has 0 N–H and O–H groups in total. The molecule has 2 aromatic rings. The van der Waals surface area contributed by atoms with Gasteiger partial charge in [0.1, 0.15) is 0 Å². The molecule has 194 valence electrons. The Morgan fingerprint density at radius 3 is 1.69 bits per heavy atom. The molecular weight excluding hydrogens is 434 g/mol. The van der Waals surface area contributed by atoms with E-state index in [0.29, 0.717) is 5.92 Å². The van der Waals surface area contributed by atoms with Crippen molar-refractivity contribution >= 4 is 0 Å². The summed E-state index contributed by atoms with van der Waals surface area (Å²) < 4.78 is 0. The minimum atomic E-state index is -0.0559. The fourth-order valence-electron chi connectivity index (χ4n) is 7.08. The van der Waals surface area contributed by atoms with E-state index in [0.717, 1.165) is 43.9 Å². The third kappa shape index (κ3) is 7.03. The summed E-state index contributed by atoms with van der Waals surface area (Å²) in [5.41, 5.74) is 5.61. The zero-order valence-electron chi connectivity index (χ0n) is 23.1. The standard InChI is InChI=1S/C35H49N/c1-3-5-6-7-8-24-35(27-36)25-22-34(23-26-35)33-20-18-32(19-21-33)31-16-14-30(15-17-31)29-12-10-28(9-4-2)11-13-29/h14-21,28-29,34H,3-13,22-26H2,1-2H3/t28-,29-,34-,35-. The molecule has 1 heteroatoms. The fourth-order valence-corrected chi connectivity index (χ4v) is 7.08. The van der Waals surface area contributed by atoms with E-state index in [1.807, 2.05) is 0 Å². The predicted octanol–water partition coefficient (Wildman–Crippen LogP) is 11.0.